The summed E-state index contributed by atoms with van der Waals surface area (Å²) in [6.07, 6.45) is 5.23. The zero-order valence-corrected chi connectivity index (χ0v) is 17.7. The van der Waals surface area contributed by atoms with E-state index < -0.39 is 10.0 Å². The number of aryl methyl sites for hydroxylation is 1. The van der Waals surface area contributed by atoms with E-state index in [1.807, 2.05) is 0 Å². The molecule has 1 N–H and O–H groups in total. The zero-order chi connectivity index (χ0) is 20.3. The third kappa shape index (κ3) is 4.17. The molecule has 0 aliphatic carbocycles. The zero-order valence-electron chi connectivity index (χ0n) is 16.9. The highest BCUT2D eigenvalue weighted by atomic mass is 32.2. The molecule has 2 aliphatic rings. The average Bonchev–Trinajstić information content (AvgIpc) is 3.29. The molecule has 0 radical (unpaired) electrons. The van der Waals surface area contributed by atoms with Crippen molar-refractivity contribution < 1.29 is 13.2 Å². The quantitative estimate of drug-likeness (QED) is 0.784. The molecule has 0 spiro atoms. The van der Waals surface area contributed by atoms with Gasteiger partial charge in [0.25, 0.3) is 0 Å². The van der Waals surface area contributed by atoms with Crippen LogP contribution in [0.25, 0.3) is 0 Å². The van der Waals surface area contributed by atoms with Crippen LogP contribution in [0.4, 0.5) is 5.82 Å². The van der Waals surface area contributed by atoms with Gasteiger partial charge < -0.3 is 10.1 Å². The number of nitrogens with zero attached hydrogens (tertiary/aromatic N) is 2. The first-order valence-corrected chi connectivity index (χ1v) is 11.8. The fourth-order valence-electron chi connectivity index (χ4n) is 4.45. The standard InChI is InChI=1S/C22H29N3O3S/c1-18-6-2-3-7-20(18)22(10-14-28-15-11-22)17-24-21-9-8-19(16-23-21)29(26,27)25-12-4-5-13-25/h2-3,6-9,16H,4-5,10-15,17H2,1H3,(H,23,24). The molecule has 0 amide bonds. The van der Waals surface area contributed by atoms with Crippen molar-refractivity contribution in [2.24, 2.45) is 0 Å². The highest BCUT2D eigenvalue weighted by Crippen LogP contribution is 2.36. The molecule has 1 aromatic carbocycles. The number of rotatable bonds is 6. The van der Waals surface area contributed by atoms with E-state index in [0.717, 1.165) is 45.4 Å². The number of benzene rings is 1. The third-order valence-corrected chi connectivity index (χ3v) is 8.10. The molecule has 0 bridgehead atoms. The summed E-state index contributed by atoms with van der Waals surface area (Å²) in [6.45, 7) is 5.59. The van der Waals surface area contributed by atoms with Crippen molar-refractivity contribution in [3.8, 4) is 0 Å². The fraction of sp³-hybridized carbons (Fsp3) is 0.500. The van der Waals surface area contributed by atoms with Crippen LogP contribution in [0.1, 0.15) is 36.8 Å². The molecule has 2 aromatic rings. The van der Waals surface area contributed by atoms with Crippen LogP contribution in [0.5, 0.6) is 0 Å². The van der Waals surface area contributed by atoms with Gasteiger partial charge in [-0.25, -0.2) is 13.4 Å². The lowest BCUT2D eigenvalue weighted by molar-refractivity contribution is 0.0541. The maximum atomic E-state index is 12.7. The molecule has 0 atom stereocenters. The summed E-state index contributed by atoms with van der Waals surface area (Å²) in [5, 5.41) is 3.45. The average molecular weight is 416 g/mol. The Hall–Kier alpha value is -1.96. The van der Waals surface area contributed by atoms with Crippen LogP contribution >= 0.6 is 0 Å². The Balaban J connectivity index is 1.50. The molecule has 156 valence electrons. The van der Waals surface area contributed by atoms with Crippen LogP contribution in [-0.4, -0.2) is 50.6 Å². The Morgan fingerprint density at radius 2 is 1.83 bits per heavy atom. The van der Waals surface area contributed by atoms with E-state index in [1.165, 1.54) is 17.3 Å². The second-order valence-corrected chi connectivity index (χ2v) is 9.99. The number of hydrogen-bond donors (Lipinski definition) is 1. The monoisotopic (exact) mass is 415 g/mol. The summed E-state index contributed by atoms with van der Waals surface area (Å²) < 4.78 is 32.5. The molecule has 29 heavy (non-hydrogen) atoms. The molecular formula is C22H29N3O3S. The minimum Gasteiger partial charge on any atom is -0.381 e. The van der Waals surface area contributed by atoms with Crippen LogP contribution in [0, 0.1) is 6.92 Å². The van der Waals surface area contributed by atoms with Gasteiger partial charge >= 0.3 is 0 Å². The van der Waals surface area contributed by atoms with E-state index in [2.05, 4.69) is 41.5 Å². The van der Waals surface area contributed by atoms with Gasteiger partial charge in [-0.15, -0.1) is 0 Å². The Bertz CT molecular complexity index is 932. The second-order valence-electron chi connectivity index (χ2n) is 8.05. The topological polar surface area (TPSA) is 71.5 Å². The first kappa shape index (κ1) is 20.3. The second kappa shape index (κ2) is 8.42. The minimum atomic E-state index is -3.43. The first-order chi connectivity index (χ1) is 14.0. The summed E-state index contributed by atoms with van der Waals surface area (Å²) in [7, 11) is -3.43. The van der Waals surface area contributed by atoms with Gasteiger partial charge in [-0.2, -0.15) is 4.31 Å². The largest absolute Gasteiger partial charge is 0.381 e. The van der Waals surface area contributed by atoms with Crippen LogP contribution in [0.15, 0.2) is 47.5 Å². The number of sulfonamides is 1. The van der Waals surface area contributed by atoms with Crippen molar-refractivity contribution in [3.05, 3.63) is 53.7 Å². The lowest BCUT2D eigenvalue weighted by atomic mass is 9.72. The van der Waals surface area contributed by atoms with Crippen LogP contribution < -0.4 is 5.32 Å². The molecule has 2 aliphatic heterocycles. The van der Waals surface area contributed by atoms with Crippen LogP contribution in [0.2, 0.25) is 0 Å². The van der Waals surface area contributed by atoms with Gasteiger partial charge in [-0.1, -0.05) is 24.3 Å². The van der Waals surface area contributed by atoms with Crippen molar-refractivity contribution >= 4 is 15.8 Å². The summed E-state index contributed by atoms with van der Waals surface area (Å²) in [5.41, 5.74) is 2.63. The SMILES string of the molecule is Cc1ccccc1C1(CNc2ccc(S(=O)(=O)N3CCCC3)cn2)CCOCC1. The predicted octanol–water partition coefficient (Wildman–Crippen LogP) is 3.33. The van der Waals surface area contributed by atoms with Gasteiger partial charge in [0.15, 0.2) is 0 Å². The molecule has 0 saturated carbocycles. The van der Waals surface area contributed by atoms with Crippen molar-refractivity contribution in [3.63, 3.8) is 0 Å². The minimum absolute atomic E-state index is 0.00836. The van der Waals surface area contributed by atoms with Crippen molar-refractivity contribution in [2.45, 2.75) is 42.9 Å². The van der Waals surface area contributed by atoms with E-state index >= 15 is 0 Å². The number of pyridine rings is 1. The maximum absolute atomic E-state index is 12.7. The van der Waals surface area contributed by atoms with Crippen LogP contribution in [-0.2, 0) is 20.2 Å². The predicted molar refractivity (Wildman–Crippen MR) is 114 cm³/mol. The molecule has 2 fully saturated rings. The Kier molecular flexibility index (Phi) is 5.90. The lowest BCUT2D eigenvalue weighted by Gasteiger charge is -2.39. The number of nitrogens with one attached hydrogen (secondary N) is 1. The first-order valence-electron chi connectivity index (χ1n) is 10.4. The van der Waals surface area contributed by atoms with Gasteiger partial charge in [0.1, 0.15) is 10.7 Å². The van der Waals surface area contributed by atoms with Gasteiger partial charge in [0, 0.05) is 44.5 Å². The Morgan fingerprint density at radius 1 is 1.10 bits per heavy atom. The van der Waals surface area contributed by atoms with E-state index in [9.17, 15) is 8.42 Å². The molecule has 6 nitrogen and oxygen atoms in total. The smallest absolute Gasteiger partial charge is 0.244 e. The van der Waals surface area contributed by atoms with E-state index in [1.54, 1.807) is 16.4 Å². The molecule has 4 rings (SSSR count). The fourth-order valence-corrected chi connectivity index (χ4v) is 5.91. The summed E-state index contributed by atoms with van der Waals surface area (Å²) in [5.74, 6) is 0.699. The van der Waals surface area contributed by atoms with Gasteiger partial charge in [0.2, 0.25) is 10.0 Å². The Morgan fingerprint density at radius 3 is 2.48 bits per heavy atom. The molecule has 2 saturated heterocycles. The summed E-state index contributed by atoms with van der Waals surface area (Å²) in [6, 6.07) is 12.0. The maximum Gasteiger partial charge on any atom is 0.244 e. The van der Waals surface area contributed by atoms with Gasteiger partial charge in [-0.3, -0.25) is 0 Å². The molecular weight excluding hydrogens is 386 g/mol. The molecule has 3 heterocycles. The lowest BCUT2D eigenvalue weighted by Crippen LogP contribution is -2.40. The van der Waals surface area contributed by atoms with E-state index in [4.69, 9.17) is 4.74 Å². The van der Waals surface area contributed by atoms with Crippen LogP contribution in [0.3, 0.4) is 0 Å². The number of ether oxygens (including phenoxy) is 1. The van der Waals surface area contributed by atoms with Crippen molar-refractivity contribution in [1.82, 2.24) is 9.29 Å². The highest BCUT2D eigenvalue weighted by Gasteiger charge is 2.35. The van der Waals surface area contributed by atoms with Crippen molar-refractivity contribution in [1.29, 1.82) is 0 Å². The summed E-state index contributed by atoms with van der Waals surface area (Å²) in [4.78, 5) is 4.67. The normalized spacial score (nSPS) is 19.9. The molecule has 1 aromatic heterocycles. The molecule has 7 heteroatoms. The highest BCUT2D eigenvalue weighted by molar-refractivity contribution is 7.89. The number of anilines is 1. The summed E-state index contributed by atoms with van der Waals surface area (Å²) >= 11 is 0. The molecule has 0 unspecified atom stereocenters. The van der Waals surface area contributed by atoms with Gasteiger partial charge in [-0.05, 0) is 55.9 Å². The third-order valence-electron chi connectivity index (χ3n) is 6.21. The van der Waals surface area contributed by atoms with E-state index in [0.29, 0.717) is 18.9 Å². The van der Waals surface area contributed by atoms with Crippen molar-refractivity contribution in [2.75, 3.05) is 38.2 Å². The number of hydrogen-bond acceptors (Lipinski definition) is 5. The van der Waals surface area contributed by atoms with E-state index in [-0.39, 0.29) is 10.3 Å². The van der Waals surface area contributed by atoms with Gasteiger partial charge in [0.05, 0.1) is 0 Å². The number of aromatic nitrogens is 1. The Labute approximate surface area is 173 Å².